The first-order chi connectivity index (χ1) is 10.4. The summed E-state index contributed by atoms with van der Waals surface area (Å²) in [6.45, 7) is 3.55. The van der Waals surface area contributed by atoms with Crippen molar-refractivity contribution >= 4 is 17.5 Å². The number of carbonyl (C=O) groups excluding carboxylic acids is 2. The molecule has 1 atom stereocenters. The Hall–Kier alpha value is -2.55. The molecule has 116 valence electrons. The van der Waals surface area contributed by atoms with Crippen LogP contribution < -0.4 is 16.4 Å². The van der Waals surface area contributed by atoms with Crippen LogP contribution >= 0.6 is 0 Å². The van der Waals surface area contributed by atoms with Crippen LogP contribution in [0, 0.1) is 24.2 Å². The molecule has 0 bridgehead atoms. The summed E-state index contributed by atoms with van der Waals surface area (Å²) in [6, 6.07) is 7.31. The van der Waals surface area contributed by atoms with E-state index in [1.807, 2.05) is 0 Å². The molecule has 6 nitrogen and oxygen atoms in total. The van der Waals surface area contributed by atoms with Gasteiger partial charge in [0.1, 0.15) is 5.54 Å². The van der Waals surface area contributed by atoms with E-state index in [0.29, 0.717) is 16.8 Å². The van der Waals surface area contributed by atoms with Gasteiger partial charge in [-0.2, -0.15) is 5.26 Å². The molecule has 1 aromatic rings. The van der Waals surface area contributed by atoms with Crippen molar-refractivity contribution in [2.24, 2.45) is 11.7 Å². The Morgan fingerprint density at radius 3 is 2.68 bits per heavy atom. The Labute approximate surface area is 129 Å². The van der Waals surface area contributed by atoms with Gasteiger partial charge in [-0.05, 0) is 50.3 Å². The van der Waals surface area contributed by atoms with Crippen molar-refractivity contribution < 1.29 is 9.59 Å². The first kappa shape index (κ1) is 15.8. The molecule has 0 radical (unpaired) electrons. The van der Waals surface area contributed by atoms with E-state index in [0.717, 1.165) is 12.8 Å². The predicted octanol–water partition coefficient (Wildman–Crippen LogP) is 1.31. The first-order valence-corrected chi connectivity index (χ1v) is 7.23. The fraction of sp³-hybridized carbons (Fsp3) is 0.438. The maximum absolute atomic E-state index is 12.0. The van der Waals surface area contributed by atoms with Crippen molar-refractivity contribution in [3.63, 3.8) is 0 Å². The molecule has 6 heteroatoms. The summed E-state index contributed by atoms with van der Waals surface area (Å²) >= 11 is 0. The van der Waals surface area contributed by atoms with E-state index in [1.54, 1.807) is 32.0 Å². The highest BCUT2D eigenvalue weighted by Gasteiger charge is 2.42. The minimum Gasteiger partial charge on any atom is -0.376 e. The molecular formula is C16H20N4O2. The monoisotopic (exact) mass is 300 g/mol. The number of rotatable bonds is 6. The van der Waals surface area contributed by atoms with E-state index in [1.165, 1.54) is 0 Å². The summed E-state index contributed by atoms with van der Waals surface area (Å²) in [5.74, 6) is -0.516. The Morgan fingerprint density at radius 2 is 2.14 bits per heavy atom. The molecule has 1 aromatic carbocycles. The maximum atomic E-state index is 12.0. The summed E-state index contributed by atoms with van der Waals surface area (Å²) in [6.07, 6.45) is 1.94. The van der Waals surface area contributed by atoms with E-state index in [9.17, 15) is 14.9 Å². The number of amides is 2. The maximum Gasteiger partial charge on any atom is 0.249 e. The molecule has 1 aliphatic rings. The van der Waals surface area contributed by atoms with Crippen LogP contribution in [0.4, 0.5) is 5.69 Å². The van der Waals surface area contributed by atoms with E-state index < -0.39 is 11.4 Å². The van der Waals surface area contributed by atoms with Crippen LogP contribution in [0.1, 0.15) is 35.7 Å². The van der Waals surface area contributed by atoms with Crippen LogP contribution in [0.25, 0.3) is 0 Å². The van der Waals surface area contributed by atoms with Crippen LogP contribution in [0.5, 0.6) is 0 Å². The van der Waals surface area contributed by atoms with Gasteiger partial charge in [0, 0.05) is 11.3 Å². The lowest BCUT2D eigenvalue weighted by Crippen LogP contribution is -2.48. The molecule has 1 aliphatic carbocycles. The number of hydrogen-bond donors (Lipinski definition) is 3. The molecule has 2 rings (SSSR count). The van der Waals surface area contributed by atoms with Crippen LogP contribution in [0.15, 0.2) is 18.2 Å². The van der Waals surface area contributed by atoms with E-state index in [-0.39, 0.29) is 18.4 Å². The zero-order valence-electron chi connectivity index (χ0n) is 12.8. The van der Waals surface area contributed by atoms with Gasteiger partial charge in [0.2, 0.25) is 11.8 Å². The molecule has 0 unspecified atom stereocenters. The zero-order valence-corrected chi connectivity index (χ0v) is 12.8. The number of benzene rings is 1. The second-order valence-electron chi connectivity index (χ2n) is 5.83. The number of nitriles is 1. The lowest BCUT2D eigenvalue weighted by Gasteiger charge is -2.23. The smallest absolute Gasteiger partial charge is 0.249 e. The van der Waals surface area contributed by atoms with Gasteiger partial charge in [-0.1, -0.05) is 6.07 Å². The molecular weight excluding hydrogens is 280 g/mol. The lowest BCUT2D eigenvalue weighted by atomic mass is 9.98. The molecule has 0 saturated heterocycles. The number of anilines is 1. The van der Waals surface area contributed by atoms with Gasteiger partial charge in [0.05, 0.1) is 12.6 Å². The van der Waals surface area contributed by atoms with Gasteiger partial charge < -0.3 is 16.4 Å². The van der Waals surface area contributed by atoms with Gasteiger partial charge in [-0.3, -0.25) is 9.59 Å². The Kier molecular flexibility index (Phi) is 4.36. The number of nitrogens with zero attached hydrogens (tertiary/aromatic N) is 1. The zero-order chi connectivity index (χ0) is 16.3. The predicted molar refractivity (Wildman–Crippen MR) is 83.1 cm³/mol. The van der Waals surface area contributed by atoms with Crippen molar-refractivity contribution in [1.29, 1.82) is 5.26 Å². The molecule has 4 N–H and O–H groups in total. The third kappa shape index (κ3) is 3.37. The normalized spacial score (nSPS) is 16.2. The molecule has 2 amide bonds. The second-order valence-corrected chi connectivity index (χ2v) is 5.83. The minimum absolute atomic E-state index is 0.0348. The third-order valence-electron chi connectivity index (χ3n) is 4.06. The summed E-state index contributed by atoms with van der Waals surface area (Å²) < 4.78 is 0. The van der Waals surface area contributed by atoms with Gasteiger partial charge >= 0.3 is 0 Å². The van der Waals surface area contributed by atoms with Gasteiger partial charge in [0.15, 0.2) is 0 Å². The molecule has 0 aromatic heterocycles. The van der Waals surface area contributed by atoms with Crippen LogP contribution in [0.3, 0.4) is 0 Å². The van der Waals surface area contributed by atoms with Gasteiger partial charge in [-0.25, -0.2) is 0 Å². The molecule has 22 heavy (non-hydrogen) atoms. The fourth-order valence-corrected chi connectivity index (χ4v) is 2.49. The van der Waals surface area contributed by atoms with E-state index >= 15 is 0 Å². The van der Waals surface area contributed by atoms with Gasteiger partial charge in [-0.15, -0.1) is 0 Å². The fourth-order valence-electron chi connectivity index (χ4n) is 2.49. The summed E-state index contributed by atoms with van der Waals surface area (Å²) in [7, 11) is 0. The van der Waals surface area contributed by atoms with Crippen LogP contribution in [-0.4, -0.2) is 23.9 Å². The summed E-state index contributed by atoms with van der Waals surface area (Å²) in [4.78, 5) is 23.3. The second kappa shape index (κ2) is 6.06. The van der Waals surface area contributed by atoms with E-state index in [4.69, 9.17) is 5.73 Å². The number of nitrogens with two attached hydrogens (primary N) is 1. The van der Waals surface area contributed by atoms with E-state index in [2.05, 4.69) is 16.7 Å². The summed E-state index contributed by atoms with van der Waals surface area (Å²) in [5, 5.41) is 15.0. The SMILES string of the molecule is Cc1c(NCC(=O)N[C@@](C)(C#N)C2CC2)cccc1C(N)=O. The standard InChI is InChI=1S/C16H20N4O2/c1-10-12(15(18)22)4-3-5-13(10)19-8-14(21)20-16(2,9-17)11-6-7-11/h3-5,11,19H,6-8H2,1-2H3,(H2,18,22)(H,20,21)/t16-/m0/s1. The Bertz CT molecular complexity index is 646. The Balaban J connectivity index is 1.98. The summed E-state index contributed by atoms with van der Waals surface area (Å²) in [5.41, 5.74) is 6.30. The number of primary amides is 1. The minimum atomic E-state index is -0.803. The highest BCUT2D eigenvalue weighted by Crippen LogP contribution is 2.39. The molecule has 0 spiro atoms. The third-order valence-corrected chi connectivity index (χ3v) is 4.06. The molecule has 1 fully saturated rings. The van der Waals surface area contributed by atoms with Crippen molar-refractivity contribution in [2.45, 2.75) is 32.2 Å². The quantitative estimate of drug-likeness (QED) is 0.736. The lowest BCUT2D eigenvalue weighted by molar-refractivity contribution is -0.120. The first-order valence-electron chi connectivity index (χ1n) is 7.23. The van der Waals surface area contributed by atoms with Crippen LogP contribution in [-0.2, 0) is 4.79 Å². The van der Waals surface area contributed by atoms with Gasteiger partial charge in [0.25, 0.3) is 0 Å². The highest BCUT2D eigenvalue weighted by molar-refractivity contribution is 5.96. The highest BCUT2D eigenvalue weighted by atomic mass is 16.2. The topological polar surface area (TPSA) is 108 Å². The molecule has 0 heterocycles. The number of carbonyl (C=O) groups is 2. The van der Waals surface area contributed by atoms with Crippen LogP contribution in [0.2, 0.25) is 0 Å². The molecule has 1 saturated carbocycles. The molecule has 0 aliphatic heterocycles. The average Bonchev–Trinajstić information content (AvgIpc) is 3.30. The number of hydrogen-bond acceptors (Lipinski definition) is 4. The number of nitrogens with one attached hydrogen (secondary N) is 2. The average molecular weight is 300 g/mol. The van der Waals surface area contributed by atoms with Crippen molar-refractivity contribution in [1.82, 2.24) is 5.32 Å². The Morgan fingerprint density at radius 1 is 1.45 bits per heavy atom. The largest absolute Gasteiger partial charge is 0.376 e. The van der Waals surface area contributed by atoms with Crippen molar-refractivity contribution in [3.8, 4) is 6.07 Å². The van der Waals surface area contributed by atoms with Crippen molar-refractivity contribution in [3.05, 3.63) is 29.3 Å². The van der Waals surface area contributed by atoms with Crippen molar-refractivity contribution in [2.75, 3.05) is 11.9 Å².